The first-order valence-corrected chi connectivity index (χ1v) is 8.22. The fourth-order valence-electron chi connectivity index (χ4n) is 3.89. The Bertz CT molecular complexity index is 669. The molecule has 1 N–H and O–H groups in total. The Hall–Kier alpha value is -1.48. The monoisotopic (exact) mass is 284 g/mol. The average molecular weight is 284 g/mol. The zero-order chi connectivity index (χ0) is 14.4. The lowest BCUT2D eigenvalue weighted by Crippen LogP contribution is -2.34. The second-order valence-electron chi connectivity index (χ2n) is 6.88. The molecule has 1 aliphatic heterocycles. The minimum atomic E-state index is 0.565. The number of hydrogen-bond acceptors (Lipinski definition) is 2. The molecule has 0 bridgehead atoms. The van der Waals surface area contributed by atoms with E-state index in [4.69, 9.17) is 4.74 Å². The molecule has 0 saturated carbocycles. The summed E-state index contributed by atoms with van der Waals surface area (Å²) in [5.74, 6) is 2.29. The van der Waals surface area contributed by atoms with E-state index in [1.54, 1.807) is 11.3 Å². The van der Waals surface area contributed by atoms with Crippen molar-refractivity contribution < 1.29 is 4.74 Å². The van der Waals surface area contributed by atoms with Crippen molar-refractivity contribution >= 4 is 10.9 Å². The number of hydrogen-bond donors (Lipinski definition) is 1. The molecule has 4 rings (SSSR count). The predicted octanol–water partition coefficient (Wildman–Crippen LogP) is 3.66. The van der Waals surface area contributed by atoms with E-state index in [1.807, 2.05) is 0 Å². The van der Waals surface area contributed by atoms with Gasteiger partial charge in [0.05, 0.1) is 13.3 Å². The van der Waals surface area contributed by atoms with Crippen molar-refractivity contribution in [3.05, 3.63) is 29.5 Å². The molecule has 0 saturated heterocycles. The normalized spacial score (nSPS) is 20.8. The Labute approximate surface area is 126 Å². The molecule has 0 fully saturated rings. The maximum Gasteiger partial charge on any atom is 0.120 e. The molecule has 1 atom stereocenters. The highest BCUT2D eigenvalue weighted by Crippen LogP contribution is 2.40. The highest BCUT2D eigenvalue weighted by molar-refractivity contribution is 5.87. The summed E-state index contributed by atoms with van der Waals surface area (Å²) >= 11 is 0. The number of fused-ring (bicyclic) bond motifs is 3. The number of ether oxygens (including phenoxy) is 1. The second kappa shape index (κ2) is 5.06. The van der Waals surface area contributed by atoms with Crippen LogP contribution in [0.15, 0.2) is 18.2 Å². The van der Waals surface area contributed by atoms with Gasteiger partial charge >= 0.3 is 0 Å². The van der Waals surface area contributed by atoms with E-state index in [-0.39, 0.29) is 0 Å². The van der Waals surface area contributed by atoms with Gasteiger partial charge in [-0.05, 0) is 48.9 Å². The molecular formula is C18H24N2O. The fourth-order valence-corrected chi connectivity index (χ4v) is 3.89. The standard InChI is InChI=1S/C18H24N2O/c1-12(2)10-21-14-6-7-17-16(8-14)15-5-3-4-13-9-19-11-20(17)18(13)15/h6-8,12-13,19H,3-5,9-11H2,1-2H3/t13-/m1/s1. The first kappa shape index (κ1) is 13.2. The van der Waals surface area contributed by atoms with Crippen molar-refractivity contribution in [3.8, 4) is 5.75 Å². The van der Waals surface area contributed by atoms with Gasteiger partial charge in [0.15, 0.2) is 0 Å². The van der Waals surface area contributed by atoms with E-state index in [1.165, 1.54) is 30.2 Å². The van der Waals surface area contributed by atoms with Gasteiger partial charge in [-0.25, -0.2) is 0 Å². The molecule has 1 aromatic carbocycles. The van der Waals surface area contributed by atoms with Gasteiger partial charge in [0.2, 0.25) is 0 Å². The summed E-state index contributed by atoms with van der Waals surface area (Å²) in [4.78, 5) is 0. The van der Waals surface area contributed by atoms with Crippen LogP contribution in [0, 0.1) is 5.92 Å². The lowest BCUT2D eigenvalue weighted by Gasteiger charge is -2.30. The van der Waals surface area contributed by atoms with Crippen LogP contribution in [0.1, 0.15) is 43.9 Å². The third-order valence-corrected chi connectivity index (χ3v) is 4.79. The van der Waals surface area contributed by atoms with Crippen molar-refractivity contribution in [2.24, 2.45) is 5.92 Å². The van der Waals surface area contributed by atoms with Gasteiger partial charge in [0, 0.05) is 29.1 Å². The van der Waals surface area contributed by atoms with Crippen molar-refractivity contribution in [2.45, 2.75) is 45.7 Å². The third kappa shape index (κ3) is 2.15. The number of nitrogens with one attached hydrogen (secondary N) is 1. The summed E-state index contributed by atoms with van der Waals surface area (Å²) < 4.78 is 8.42. The average Bonchev–Trinajstić information content (AvgIpc) is 2.82. The Morgan fingerprint density at radius 3 is 3.14 bits per heavy atom. The molecule has 112 valence electrons. The Kier molecular flexibility index (Phi) is 3.18. The predicted molar refractivity (Wildman–Crippen MR) is 86.0 cm³/mol. The summed E-state index contributed by atoms with van der Waals surface area (Å²) in [7, 11) is 0. The van der Waals surface area contributed by atoms with Gasteiger partial charge in [-0.3, -0.25) is 5.32 Å². The topological polar surface area (TPSA) is 26.2 Å². The number of benzene rings is 1. The van der Waals surface area contributed by atoms with E-state index < -0.39 is 0 Å². The molecular weight excluding hydrogens is 260 g/mol. The molecule has 21 heavy (non-hydrogen) atoms. The van der Waals surface area contributed by atoms with Crippen LogP contribution in [0.4, 0.5) is 0 Å². The molecule has 3 heteroatoms. The second-order valence-corrected chi connectivity index (χ2v) is 6.88. The molecule has 0 amide bonds. The van der Waals surface area contributed by atoms with Crippen molar-refractivity contribution in [2.75, 3.05) is 13.2 Å². The summed E-state index contributed by atoms with van der Waals surface area (Å²) in [6.07, 6.45) is 3.87. The van der Waals surface area contributed by atoms with Gasteiger partial charge < -0.3 is 9.30 Å². The van der Waals surface area contributed by atoms with Crippen molar-refractivity contribution in [3.63, 3.8) is 0 Å². The van der Waals surface area contributed by atoms with E-state index >= 15 is 0 Å². The fraction of sp³-hybridized carbons (Fsp3) is 0.556. The molecule has 3 nitrogen and oxygen atoms in total. The number of aryl methyl sites for hydroxylation is 1. The molecule has 1 aliphatic carbocycles. The SMILES string of the molecule is CC(C)COc1ccc2c(c1)c1c3n2CNC[C@H]3CCC1. The summed E-state index contributed by atoms with van der Waals surface area (Å²) in [5, 5.41) is 4.98. The van der Waals surface area contributed by atoms with Crippen LogP contribution < -0.4 is 10.1 Å². The zero-order valence-corrected chi connectivity index (χ0v) is 13.0. The van der Waals surface area contributed by atoms with Gasteiger partial charge in [-0.2, -0.15) is 0 Å². The molecule has 2 aromatic rings. The number of nitrogens with zero attached hydrogens (tertiary/aromatic N) is 1. The highest BCUT2D eigenvalue weighted by Gasteiger charge is 2.29. The maximum absolute atomic E-state index is 5.93. The van der Waals surface area contributed by atoms with Gasteiger partial charge in [-0.1, -0.05) is 13.8 Å². The molecule has 1 aromatic heterocycles. The van der Waals surface area contributed by atoms with Gasteiger partial charge in [0.25, 0.3) is 0 Å². The van der Waals surface area contributed by atoms with Crippen LogP contribution in [0.3, 0.4) is 0 Å². The van der Waals surface area contributed by atoms with E-state index in [9.17, 15) is 0 Å². The summed E-state index contributed by atoms with van der Waals surface area (Å²) in [6, 6.07) is 6.64. The summed E-state index contributed by atoms with van der Waals surface area (Å²) in [5.41, 5.74) is 4.55. The van der Waals surface area contributed by atoms with Crippen LogP contribution in [0.25, 0.3) is 10.9 Å². The Morgan fingerprint density at radius 2 is 2.29 bits per heavy atom. The molecule has 2 heterocycles. The first-order valence-electron chi connectivity index (χ1n) is 8.22. The maximum atomic E-state index is 5.93. The Morgan fingerprint density at radius 1 is 1.38 bits per heavy atom. The lowest BCUT2D eigenvalue weighted by atomic mass is 9.86. The molecule has 0 spiro atoms. The smallest absolute Gasteiger partial charge is 0.120 e. The van der Waals surface area contributed by atoms with E-state index in [2.05, 4.69) is 41.9 Å². The quantitative estimate of drug-likeness (QED) is 0.931. The Balaban J connectivity index is 1.81. The first-order chi connectivity index (χ1) is 10.2. The minimum Gasteiger partial charge on any atom is -0.493 e. The zero-order valence-electron chi connectivity index (χ0n) is 13.0. The summed E-state index contributed by atoms with van der Waals surface area (Å²) in [6.45, 7) is 7.26. The van der Waals surface area contributed by atoms with Crippen LogP contribution >= 0.6 is 0 Å². The molecule has 2 aliphatic rings. The van der Waals surface area contributed by atoms with E-state index in [0.29, 0.717) is 11.8 Å². The lowest BCUT2D eigenvalue weighted by molar-refractivity contribution is 0.271. The largest absolute Gasteiger partial charge is 0.493 e. The molecule has 0 radical (unpaired) electrons. The number of aromatic nitrogens is 1. The van der Waals surface area contributed by atoms with Gasteiger partial charge in [-0.15, -0.1) is 0 Å². The third-order valence-electron chi connectivity index (χ3n) is 4.79. The van der Waals surface area contributed by atoms with E-state index in [0.717, 1.165) is 25.6 Å². The molecule has 0 unspecified atom stereocenters. The van der Waals surface area contributed by atoms with Gasteiger partial charge in [0.1, 0.15) is 5.75 Å². The highest BCUT2D eigenvalue weighted by atomic mass is 16.5. The van der Waals surface area contributed by atoms with Crippen molar-refractivity contribution in [1.29, 1.82) is 0 Å². The van der Waals surface area contributed by atoms with Crippen LogP contribution in [-0.4, -0.2) is 17.7 Å². The van der Waals surface area contributed by atoms with Crippen LogP contribution in [-0.2, 0) is 13.1 Å². The minimum absolute atomic E-state index is 0.565. The van der Waals surface area contributed by atoms with Crippen LogP contribution in [0.5, 0.6) is 5.75 Å². The van der Waals surface area contributed by atoms with Crippen LogP contribution in [0.2, 0.25) is 0 Å². The number of rotatable bonds is 3. The van der Waals surface area contributed by atoms with Crippen molar-refractivity contribution in [1.82, 2.24) is 9.88 Å².